The summed E-state index contributed by atoms with van der Waals surface area (Å²) in [6.07, 6.45) is 0. The molecule has 0 radical (unpaired) electrons. The van der Waals surface area contributed by atoms with Crippen molar-refractivity contribution in [2.75, 3.05) is 38.1 Å². The fourth-order valence-corrected chi connectivity index (χ4v) is 3.81. The summed E-state index contributed by atoms with van der Waals surface area (Å²) in [7, 11) is 2.99. The molecule has 2 heterocycles. The topological polar surface area (TPSA) is 108 Å². The standard InChI is InChI=1S/C26H22N2O7/c1-31-16-8-9-18(21(14-16)32-2)25(29)28-23-17-5-3-4-6-19(17)35-24(23)26(30)27-15-7-10-20-22(13-15)34-12-11-33-20/h3-10,13-14H,11-12H2,1-2H3,(H,27,30)(H,28,29). The molecule has 0 saturated carbocycles. The van der Waals surface area contributed by atoms with Gasteiger partial charge in [0.2, 0.25) is 5.76 Å². The highest BCUT2D eigenvalue weighted by Crippen LogP contribution is 2.35. The van der Waals surface area contributed by atoms with Gasteiger partial charge in [0.25, 0.3) is 11.8 Å². The summed E-state index contributed by atoms with van der Waals surface area (Å²) >= 11 is 0. The Morgan fingerprint density at radius 1 is 0.829 bits per heavy atom. The number of furan rings is 1. The van der Waals surface area contributed by atoms with Crippen molar-refractivity contribution in [3.8, 4) is 23.0 Å². The largest absolute Gasteiger partial charge is 0.497 e. The van der Waals surface area contributed by atoms with Crippen LogP contribution in [0.5, 0.6) is 23.0 Å². The van der Waals surface area contributed by atoms with Gasteiger partial charge >= 0.3 is 0 Å². The molecule has 0 unspecified atom stereocenters. The molecular weight excluding hydrogens is 452 g/mol. The first kappa shape index (κ1) is 22.1. The van der Waals surface area contributed by atoms with E-state index < -0.39 is 11.8 Å². The van der Waals surface area contributed by atoms with Crippen molar-refractivity contribution in [1.29, 1.82) is 0 Å². The molecule has 0 saturated heterocycles. The molecule has 9 heteroatoms. The van der Waals surface area contributed by atoms with E-state index in [-0.39, 0.29) is 17.0 Å². The maximum Gasteiger partial charge on any atom is 0.293 e. The quantitative estimate of drug-likeness (QED) is 0.416. The number of amides is 2. The maximum atomic E-state index is 13.2. The Bertz CT molecular complexity index is 1430. The summed E-state index contributed by atoms with van der Waals surface area (Å²) in [4.78, 5) is 26.4. The lowest BCUT2D eigenvalue weighted by Crippen LogP contribution is -2.18. The van der Waals surface area contributed by atoms with E-state index in [9.17, 15) is 9.59 Å². The monoisotopic (exact) mass is 474 g/mol. The van der Waals surface area contributed by atoms with Crippen LogP contribution in [0.3, 0.4) is 0 Å². The van der Waals surface area contributed by atoms with Crippen LogP contribution in [-0.4, -0.2) is 39.2 Å². The molecule has 0 aliphatic carbocycles. The Labute approximate surface area is 200 Å². The number of ether oxygens (including phenoxy) is 4. The Morgan fingerprint density at radius 3 is 2.43 bits per heavy atom. The van der Waals surface area contributed by atoms with Gasteiger partial charge in [-0.05, 0) is 36.4 Å². The lowest BCUT2D eigenvalue weighted by Gasteiger charge is -2.19. The average Bonchev–Trinajstić information content (AvgIpc) is 3.26. The molecule has 9 nitrogen and oxygen atoms in total. The summed E-state index contributed by atoms with van der Waals surface area (Å²) < 4.78 is 27.5. The number of fused-ring (bicyclic) bond motifs is 2. The zero-order chi connectivity index (χ0) is 24.4. The Balaban J connectivity index is 1.47. The fourth-order valence-electron chi connectivity index (χ4n) is 3.81. The van der Waals surface area contributed by atoms with Gasteiger partial charge in [0.05, 0.1) is 19.8 Å². The second-order valence-corrected chi connectivity index (χ2v) is 7.64. The van der Waals surface area contributed by atoms with Crippen molar-refractivity contribution in [2.45, 2.75) is 0 Å². The number of anilines is 2. The first-order valence-corrected chi connectivity index (χ1v) is 10.8. The van der Waals surface area contributed by atoms with Crippen LogP contribution >= 0.6 is 0 Å². The van der Waals surface area contributed by atoms with E-state index in [1.165, 1.54) is 14.2 Å². The van der Waals surface area contributed by atoms with Crippen molar-refractivity contribution >= 4 is 34.2 Å². The number of hydrogen-bond acceptors (Lipinski definition) is 7. The number of carbonyl (C=O) groups excluding carboxylic acids is 2. The maximum absolute atomic E-state index is 13.2. The van der Waals surface area contributed by atoms with Crippen LogP contribution in [0.25, 0.3) is 11.0 Å². The lowest BCUT2D eigenvalue weighted by atomic mass is 10.1. The van der Waals surface area contributed by atoms with Crippen molar-refractivity contribution in [2.24, 2.45) is 0 Å². The molecule has 4 aromatic rings. The van der Waals surface area contributed by atoms with E-state index in [1.54, 1.807) is 60.7 Å². The van der Waals surface area contributed by atoms with Gasteiger partial charge in [-0.25, -0.2) is 0 Å². The molecule has 0 bridgehead atoms. The third-order valence-electron chi connectivity index (χ3n) is 5.49. The van der Waals surface area contributed by atoms with Crippen molar-refractivity contribution in [3.05, 3.63) is 72.0 Å². The molecule has 0 fully saturated rings. The number of hydrogen-bond donors (Lipinski definition) is 2. The van der Waals surface area contributed by atoms with Gasteiger partial charge in [-0.3, -0.25) is 9.59 Å². The molecule has 2 amide bonds. The highest BCUT2D eigenvalue weighted by molar-refractivity contribution is 6.17. The molecular formula is C26H22N2O7. The number of methoxy groups -OCH3 is 2. The molecule has 3 aromatic carbocycles. The molecule has 5 rings (SSSR count). The minimum Gasteiger partial charge on any atom is -0.497 e. The number of benzene rings is 3. The van der Waals surface area contributed by atoms with E-state index in [4.69, 9.17) is 23.4 Å². The average molecular weight is 474 g/mol. The number of rotatable bonds is 6. The molecule has 178 valence electrons. The summed E-state index contributed by atoms with van der Waals surface area (Å²) in [6, 6.07) is 17.0. The van der Waals surface area contributed by atoms with Gasteiger partial charge in [-0.2, -0.15) is 0 Å². The highest BCUT2D eigenvalue weighted by Gasteiger charge is 2.24. The van der Waals surface area contributed by atoms with Gasteiger partial charge in [0, 0.05) is 23.2 Å². The highest BCUT2D eigenvalue weighted by atomic mass is 16.6. The Kier molecular flexibility index (Phi) is 5.88. The summed E-state index contributed by atoms with van der Waals surface area (Å²) in [5.41, 5.74) is 1.47. The normalized spacial score (nSPS) is 12.2. The Hall–Kier alpha value is -4.66. The van der Waals surface area contributed by atoms with Crippen LogP contribution in [0.15, 0.2) is 65.1 Å². The van der Waals surface area contributed by atoms with Crippen molar-refractivity contribution in [3.63, 3.8) is 0 Å². The molecule has 1 aliphatic heterocycles. The molecule has 0 atom stereocenters. The first-order valence-electron chi connectivity index (χ1n) is 10.8. The van der Waals surface area contributed by atoms with Crippen LogP contribution in [0.1, 0.15) is 20.9 Å². The zero-order valence-electron chi connectivity index (χ0n) is 19.0. The van der Waals surface area contributed by atoms with Gasteiger partial charge < -0.3 is 34.0 Å². The number of nitrogens with one attached hydrogen (secondary N) is 2. The minimum atomic E-state index is -0.533. The van der Waals surface area contributed by atoms with Gasteiger partial charge in [-0.1, -0.05) is 12.1 Å². The van der Waals surface area contributed by atoms with Crippen molar-refractivity contribution in [1.82, 2.24) is 0 Å². The predicted molar refractivity (Wildman–Crippen MR) is 129 cm³/mol. The van der Waals surface area contributed by atoms with E-state index in [0.29, 0.717) is 52.9 Å². The van der Waals surface area contributed by atoms with Crippen LogP contribution < -0.4 is 29.6 Å². The summed E-state index contributed by atoms with van der Waals surface area (Å²) in [5, 5.41) is 6.20. The third kappa shape index (κ3) is 4.31. The van der Waals surface area contributed by atoms with E-state index >= 15 is 0 Å². The summed E-state index contributed by atoms with van der Waals surface area (Å²) in [5.74, 6) is 0.989. The number of para-hydroxylation sites is 1. The summed E-state index contributed by atoms with van der Waals surface area (Å²) in [6.45, 7) is 0.901. The second kappa shape index (κ2) is 9.30. The van der Waals surface area contributed by atoms with E-state index in [1.807, 2.05) is 0 Å². The number of carbonyl (C=O) groups is 2. The smallest absolute Gasteiger partial charge is 0.293 e. The van der Waals surface area contributed by atoms with Crippen LogP contribution in [0, 0.1) is 0 Å². The van der Waals surface area contributed by atoms with Gasteiger partial charge in [-0.15, -0.1) is 0 Å². The molecule has 0 spiro atoms. The SMILES string of the molecule is COc1ccc(C(=O)Nc2c(C(=O)Nc3ccc4c(c3)OCCO4)oc3ccccc23)c(OC)c1. The van der Waals surface area contributed by atoms with Crippen molar-refractivity contribution < 1.29 is 33.0 Å². The van der Waals surface area contributed by atoms with Gasteiger partial charge in [0.1, 0.15) is 36.0 Å². The van der Waals surface area contributed by atoms with Crippen LogP contribution in [0.4, 0.5) is 11.4 Å². The zero-order valence-corrected chi connectivity index (χ0v) is 19.0. The van der Waals surface area contributed by atoms with Crippen LogP contribution in [-0.2, 0) is 0 Å². The van der Waals surface area contributed by atoms with Gasteiger partial charge in [0.15, 0.2) is 11.5 Å². The predicted octanol–water partition coefficient (Wildman–Crippen LogP) is 4.73. The third-order valence-corrected chi connectivity index (χ3v) is 5.49. The second-order valence-electron chi connectivity index (χ2n) is 7.64. The minimum absolute atomic E-state index is 0.0399. The molecule has 1 aromatic heterocycles. The molecule has 35 heavy (non-hydrogen) atoms. The Morgan fingerprint density at radius 2 is 1.63 bits per heavy atom. The fraction of sp³-hybridized carbons (Fsp3) is 0.154. The van der Waals surface area contributed by atoms with Crippen LogP contribution in [0.2, 0.25) is 0 Å². The molecule has 2 N–H and O–H groups in total. The lowest BCUT2D eigenvalue weighted by molar-refractivity contribution is 0.0999. The molecule has 1 aliphatic rings. The first-order chi connectivity index (χ1) is 17.1. The van der Waals surface area contributed by atoms with E-state index in [2.05, 4.69) is 10.6 Å². The van der Waals surface area contributed by atoms with E-state index in [0.717, 1.165) is 0 Å².